The molecule has 0 radical (unpaired) electrons. The molecule has 104 valence electrons. The molecule has 1 aliphatic heterocycles. The van der Waals surface area contributed by atoms with Crippen LogP contribution in [-0.4, -0.2) is 35.6 Å². The Morgan fingerprint density at radius 3 is 2.89 bits per heavy atom. The van der Waals surface area contributed by atoms with Gasteiger partial charge in [-0.1, -0.05) is 6.08 Å². The van der Waals surface area contributed by atoms with Gasteiger partial charge in [-0.2, -0.15) is 0 Å². The van der Waals surface area contributed by atoms with Crippen molar-refractivity contribution < 1.29 is 0 Å². The van der Waals surface area contributed by atoms with Gasteiger partial charge in [-0.05, 0) is 32.7 Å². The molecule has 0 bridgehead atoms. The van der Waals surface area contributed by atoms with Crippen molar-refractivity contribution in [3.05, 3.63) is 24.5 Å². The molecule has 0 aromatic carbocycles. The average Bonchev–Trinajstić information content (AvgIpc) is 2.89. The normalized spacial score (nSPS) is 18.3. The van der Waals surface area contributed by atoms with E-state index >= 15 is 0 Å². The van der Waals surface area contributed by atoms with Crippen molar-refractivity contribution >= 4 is 11.6 Å². The molecule has 3 N–H and O–H groups in total. The molecule has 2 rings (SSSR count). The minimum Gasteiger partial charge on any atom is -0.370 e. The number of aryl methyl sites for hydroxylation is 1. The van der Waals surface area contributed by atoms with Gasteiger partial charge in [0.05, 0.1) is 0 Å². The number of aromatic nitrogens is 2. The highest BCUT2D eigenvalue weighted by Gasteiger charge is 2.13. The number of hydrogen-bond donors (Lipinski definition) is 3. The second kappa shape index (κ2) is 7.09. The Morgan fingerprint density at radius 2 is 2.21 bits per heavy atom. The van der Waals surface area contributed by atoms with E-state index in [4.69, 9.17) is 0 Å². The van der Waals surface area contributed by atoms with Crippen LogP contribution >= 0.6 is 0 Å². The fraction of sp³-hybridized carbons (Fsp3) is 0.571. The van der Waals surface area contributed by atoms with E-state index in [-0.39, 0.29) is 0 Å². The van der Waals surface area contributed by atoms with Crippen molar-refractivity contribution in [2.45, 2.75) is 32.2 Å². The molecule has 0 aliphatic carbocycles. The molecule has 5 heteroatoms. The van der Waals surface area contributed by atoms with Crippen LogP contribution in [0.4, 0.5) is 11.6 Å². The SMILES string of the molecule is C=CCNc1cc(NCCC2CCCN2)nc(C)n1. The molecule has 5 nitrogen and oxygen atoms in total. The van der Waals surface area contributed by atoms with Crippen LogP contribution in [0.15, 0.2) is 18.7 Å². The van der Waals surface area contributed by atoms with Crippen LogP contribution in [0.25, 0.3) is 0 Å². The van der Waals surface area contributed by atoms with E-state index in [9.17, 15) is 0 Å². The lowest BCUT2D eigenvalue weighted by Crippen LogP contribution is -2.24. The highest BCUT2D eigenvalue weighted by atomic mass is 15.1. The average molecular weight is 261 g/mol. The molecule has 1 aromatic rings. The van der Waals surface area contributed by atoms with Gasteiger partial charge in [-0.25, -0.2) is 9.97 Å². The van der Waals surface area contributed by atoms with Gasteiger partial charge in [0.1, 0.15) is 17.5 Å². The number of hydrogen-bond acceptors (Lipinski definition) is 5. The van der Waals surface area contributed by atoms with Crippen molar-refractivity contribution in [2.24, 2.45) is 0 Å². The summed E-state index contributed by atoms with van der Waals surface area (Å²) in [7, 11) is 0. The molecule has 1 fully saturated rings. The number of nitrogens with one attached hydrogen (secondary N) is 3. The van der Waals surface area contributed by atoms with Crippen molar-refractivity contribution in [1.29, 1.82) is 0 Å². The van der Waals surface area contributed by atoms with Crippen LogP contribution in [-0.2, 0) is 0 Å². The smallest absolute Gasteiger partial charge is 0.132 e. The summed E-state index contributed by atoms with van der Waals surface area (Å²) in [5.74, 6) is 2.50. The van der Waals surface area contributed by atoms with Crippen molar-refractivity contribution in [3.8, 4) is 0 Å². The van der Waals surface area contributed by atoms with Gasteiger partial charge in [0.15, 0.2) is 0 Å². The molecular weight excluding hydrogens is 238 g/mol. The zero-order valence-electron chi connectivity index (χ0n) is 11.6. The number of rotatable bonds is 7. The Morgan fingerprint density at radius 1 is 1.42 bits per heavy atom. The lowest BCUT2D eigenvalue weighted by atomic mass is 10.1. The summed E-state index contributed by atoms with van der Waals surface area (Å²) in [5.41, 5.74) is 0. The van der Waals surface area contributed by atoms with E-state index < -0.39 is 0 Å². The summed E-state index contributed by atoms with van der Waals surface area (Å²) in [4.78, 5) is 8.73. The van der Waals surface area contributed by atoms with E-state index in [1.165, 1.54) is 12.8 Å². The van der Waals surface area contributed by atoms with Gasteiger partial charge in [-0.3, -0.25) is 0 Å². The van der Waals surface area contributed by atoms with Crippen molar-refractivity contribution in [1.82, 2.24) is 15.3 Å². The molecule has 1 aromatic heterocycles. The van der Waals surface area contributed by atoms with Crippen LogP contribution in [0.3, 0.4) is 0 Å². The maximum atomic E-state index is 4.40. The van der Waals surface area contributed by atoms with Gasteiger partial charge >= 0.3 is 0 Å². The Bertz CT molecular complexity index is 412. The molecule has 1 unspecified atom stereocenters. The lowest BCUT2D eigenvalue weighted by Gasteiger charge is -2.12. The van der Waals surface area contributed by atoms with Crippen LogP contribution in [0.5, 0.6) is 0 Å². The Kier molecular flexibility index (Phi) is 5.15. The molecule has 0 amide bonds. The fourth-order valence-electron chi connectivity index (χ4n) is 2.30. The minimum atomic E-state index is 0.661. The van der Waals surface area contributed by atoms with Gasteiger partial charge in [0, 0.05) is 25.2 Å². The second-order valence-corrected chi connectivity index (χ2v) is 4.86. The predicted molar refractivity (Wildman–Crippen MR) is 79.6 cm³/mol. The van der Waals surface area contributed by atoms with Crippen LogP contribution in [0, 0.1) is 6.92 Å². The Balaban J connectivity index is 1.84. The zero-order valence-corrected chi connectivity index (χ0v) is 11.6. The predicted octanol–water partition coefficient (Wildman–Crippen LogP) is 1.94. The van der Waals surface area contributed by atoms with Gasteiger partial charge in [0.2, 0.25) is 0 Å². The fourth-order valence-corrected chi connectivity index (χ4v) is 2.30. The summed E-state index contributed by atoms with van der Waals surface area (Å²) in [6.45, 7) is 8.40. The third-order valence-corrected chi connectivity index (χ3v) is 3.23. The van der Waals surface area contributed by atoms with Crippen LogP contribution in [0.1, 0.15) is 25.1 Å². The molecule has 0 spiro atoms. The van der Waals surface area contributed by atoms with E-state index in [0.717, 1.165) is 37.0 Å². The summed E-state index contributed by atoms with van der Waals surface area (Å²) in [6.07, 6.45) is 5.54. The molecule has 1 saturated heterocycles. The molecule has 1 atom stereocenters. The van der Waals surface area contributed by atoms with Crippen LogP contribution < -0.4 is 16.0 Å². The minimum absolute atomic E-state index is 0.661. The molecule has 0 saturated carbocycles. The standard InChI is InChI=1S/C14H23N5/c1-3-7-16-13-10-14(19-11(2)18-13)17-9-6-12-5-4-8-15-12/h3,10,12,15H,1,4-9H2,2H3,(H2,16,17,18,19). The molecule has 1 aliphatic rings. The zero-order chi connectivity index (χ0) is 13.5. The Labute approximate surface area is 114 Å². The lowest BCUT2D eigenvalue weighted by molar-refractivity contribution is 0.574. The number of anilines is 2. The highest BCUT2D eigenvalue weighted by molar-refractivity contribution is 5.47. The second-order valence-electron chi connectivity index (χ2n) is 4.86. The van der Waals surface area contributed by atoms with Crippen molar-refractivity contribution in [2.75, 3.05) is 30.3 Å². The first-order valence-corrected chi connectivity index (χ1v) is 6.95. The topological polar surface area (TPSA) is 61.9 Å². The third kappa shape index (κ3) is 4.52. The van der Waals surface area contributed by atoms with Crippen molar-refractivity contribution in [3.63, 3.8) is 0 Å². The van der Waals surface area contributed by atoms with E-state index in [2.05, 4.69) is 32.5 Å². The van der Waals surface area contributed by atoms with Gasteiger partial charge in [0.25, 0.3) is 0 Å². The largest absolute Gasteiger partial charge is 0.370 e. The van der Waals surface area contributed by atoms with E-state index in [0.29, 0.717) is 12.6 Å². The first-order chi connectivity index (χ1) is 9.28. The Hall–Kier alpha value is -1.62. The maximum absolute atomic E-state index is 4.40. The molecular formula is C14H23N5. The summed E-state index contributed by atoms with van der Waals surface area (Å²) in [6, 6.07) is 2.60. The summed E-state index contributed by atoms with van der Waals surface area (Å²) < 4.78 is 0. The van der Waals surface area contributed by atoms with Gasteiger partial charge < -0.3 is 16.0 Å². The number of nitrogens with zero attached hydrogens (tertiary/aromatic N) is 2. The first-order valence-electron chi connectivity index (χ1n) is 6.95. The first kappa shape index (κ1) is 13.8. The maximum Gasteiger partial charge on any atom is 0.132 e. The summed E-state index contributed by atoms with van der Waals surface area (Å²) >= 11 is 0. The van der Waals surface area contributed by atoms with Gasteiger partial charge in [-0.15, -0.1) is 6.58 Å². The highest BCUT2D eigenvalue weighted by Crippen LogP contribution is 2.12. The van der Waals surface area contributed by atoms with E-state index in [1.54, 1.807) is 0 Å². The monoisotopic (exact) mass is 261 g/mol. The van der Waals surface area contributed by atoms with Crippen LogP contribution in [0.2, 0.25) is 0 Å². The summed E-state index contributed by atoms with van der Waals surface area (Å²) in [5, 5.41) is 10.1. The quantitative estimate of drug-likeness (QED) is 0.655. The third-order valence-electron chi connectivity index (χ3n) is 3.23. The molecule has 19 heavy (non-hydrogen) atoms. The molecule has 2 heterocycles. The van der Waals surface area contributed by atoms with E-state index in [1.807, 2.05) is 19.1 Å².